The van der Waals surface area contributed by atoms with Crippen molar-refractivity contribution in [2.75, 3.05) is 0 Å². The first-order valence-corrected chi connectivity index (χ1v) is 6.09. The zero-order chi connectivity index (χ0) is 11.3. The van der Waals surface area contributed by atoms with Gasteiger partial charge in [0.2, 0.25) is 0 Å². The predicted molar refractivity (Wildman–Crippen MR) is 66.2 cm³/mol. The summed E-state index contributed by atoms with van der Waals surface area (Å²) in [5.74, 6) is 1.79. The Kier molecular flexibility index (Phi) is 25.8. The van der Waals surface area contributed by atoms with E-state index in [0.717, 1.165) is 11.8 Å². The Bertz CT molecular complexity index is 55.1. The van der Waals surface area contributed by atoms with Crippen molar-refractivity contribution in [2.45, 2.75) is 74.7 Å². The number of hydrogen-bond acceptors (Lipinski definition) is 0. The van der Waals surface area contributed by atoms with Crippen LogP contribution in [0.5, 0.6) is 0 Å². The molecule has 0 spiro atoms. The largest absolute Gasteiger partial charge is 0.0683 e. The van der Waals surface area contributed by atoms with Crippen LogP contribution in [0.15, 0.2) is 0 Å². The lowest BCUT2D eigenvalue weighted by atomic mass is 9.94. The molecular weight excluding hydrogens is 156 g/mol. The van der Waals surface area contributed by atoms with Gasteiger partial charge in [0.1, 0.15) is 0 Å². The molecule has 0 fully saturated rings. The average molecular weight is 188 g/mol. The Morgan fingerprint density at radius 2 is 1.15 bits per heavy atom. The van der Waals surface area contributed by atoms with E-state index in [0.29, 0.717) is 0 Å². The molecule has 0 saturated carbocycles. The fourth-order valence-corrected chi connectivity index (χ4v) is 0.789. The Balaban J connectivity index is -0.000000169. The minimum Gasteiger partial charge on any atom is -0.0683 e. The fourth-order valence-electron chi connectivity index (χ4n) is 0.789. The maximum Gasteiger partial charge on any atom is -0.0420 e. The van der Waals surface area contributed by atoms with E-state index in [2.05, 4.69) is 41.5 Å². The van der Waals surface area contributed by atoms with E-state index in [-0.39, 0.29) is 0 Å². The highest BCUT2D eigenvalue weighted by atomic mass is 14.1. The molecule has 0 N–H and O–H groups in total. The van der Waals surface area contributed by atoms with Crippen LogP contribution in [-0.2, 0) is 0 Å². The van der Waals surface area contributed by atoms with Gasteiger partial charge in [-0.05, 0) is 11.8 Å². The molecule has 0 aliphatic carbocycles. The van der Waals surface area contributed by atoms with Gasteiger partial charge in [0, 0.05) is 0 Å². The van der Waals surface area contributed by atoms with Crippen molar-refractivity contribution in [3.8, 4) is 0 Å². The van der Waals surface area contributed by atoms with Crippen molar-refractivity contribution < 1.29 is 0 Å². The van der Waals surface area contributed by atoms with Gasteiger partial charge in [0.15, 0.2) is 0 Å². The van der Waals surface area contributed by atoms with Crippen LogP contribution < -0.4 is 0 Å². The normalized spacial score (nSPS) is 10.8. The van der Waals surface area contributed by atoms with Crippen LogP contribution in [0.3, 0.4) is 0 Å². The molecule has 0 rings (SSSR count). The van der Waals surface area contributed by atoms with Gasteiger partial charge in [-0.1, -0.05) is 74.7 Å². The fraction of sp³-hybridized carbons (Fsp3) is 1.00. The quantitative estimate of drug-likeness (QED) is 0.547. The summed E-state index contributed by atoms with van der Waals surface area (Å²) in [5.41, 5.74) is 0. The second-order valence-electron chi connectivity index (χ2n) is 3.72. The molecule has 0 heterocycles. The number of hydrogen-bond donors (Lipinski definition) is 0. The lowest BCUT2D eigenvalue weighted by Gasteiger charge is -2.12. The van der Waals surface area contributed by atoms with Crippen LogP contribution in [0, 0.1) is 11.8 Å². The van der Waals surface area contributed by atoms with Gasteiger partial charge in [0.05, 0.1) is 0 Å². The predicted octanol–water partition coefficient (Wildman–Crippen LogP) is 5.52. The zero-order valence-corrected chi connectivity index (χ0v) is 11.3. The van der Waals surface area contributed by atoms with E-state index < -0.39 is 0 Å². The summed E-state index contributed by atoms with van der Waals surface area (Å²) in [6.07, 6.45) is 3.97. The van der Waals surface area contributed by atoms with Gasteiger partial charge in [-0.25, -0.2) is 0 Å². The maximum absolute atomic E-state index is 2.33. The van der Waals surface area contributed by atoms with E-state index in [1.807, 2.05) is 13.8 Å². The van der Waals surface area contributed by atoms with Crippen LogP contribution in [0.1, 0.15) is 74.7 Å². The molecule has 0 heteroatoms. The van der Waals surface area contributed by atoms with Crippen LogP contribution in [0.25, 0.3) is 0 Å². The van der Waals surface area contributed by atoms with Gasteiger partial charge in [-0.2, -0.15) is 0 Å². The molecule has 0 aliphatic rings. The van der Waals surface area contributed by atoms with E-state index >= 15 is 0 Å². The molecule has 0 aromatic carbocycles. The van der Waals surface area contributed by atoms with E-state index in [1.165, 1.54) is 19.3 Å². The smallest absolute Gasteiger partial charge is 0.0420 e. The first-order valence-electron chi connectivity index (χ1n) is 6.09. The Hall–Kier alpha value is 0. The summed E-state index contributed by atoms with van der Waals surface area (Å²) in [6, 6.07) is 0. The summed E-state index contributed by atoms with van der Waals surface area (Å²) in [7, 11) is 0. The Morgan fingerprint density at radius 1 is 0.846 bits per heavy atom. The molecule has 0 bridgehead atoms. The molecule has 0 saturated heterocycles. The minimum absolute atomic E-state index is 0.870. The van der Waals surface area contributed by atoms with E-state index in [1.54, 1.807) is 0 Å². The summed E-state index contributed by atoms with van der Waals surface area (Å²) < 4.78 is 0. The molecule has 0 amide bonds. The summed E-state index contributed by atoms with van der Waals surface area (Å²) in [4.78, 5) is 0. The topological polar surface area (TPSA) is 0 Å². The molecule has 0 aromatic heterocycles. The maximum atomic E-state index is 2.33. The van der Waals surface area contributed by atoms with Crippen molar-refractivity contribution in [1.29, 1.82) is 0 Å². The standard InChI is InChI=1S/C8H18.C3H8.C2H6/c1-5-6-8(4)7(2)3;1-3-2;1-2/h7-8H,5-6H2,1-4H3;3H2,1-2H3;1-2H3. The monoisotopic (exact) mass is 188 g/mol. The first-order chi connectivity index (χ1) is 6.09. The molecular formula is C13H32. The van der Waals surface area contributed by atoms with Crippen molar-refractivity contribution in [2.24, 2.45) is 11.8 Å². The lowest BCUT2D eigenvalue weighted by Crippen LogP contribution is -2.02. The van der Waals surface area contributed by atoms with Gasteiger partial charge < -0.3 is 0 Å². The van der Waals surface area contributed by atoms with Crippen molar-refractivity contribution in [3.63, 3.8) is 0 Å². The summed E-state index contributed by atoms with van der Waals surface area (Å²) in [6.45, 7) is 17.4. The minimum atomic E-state index is 0.870. The third-order valence-electron chi connectivity index (χ3n) is 1.88. The van der Waals surface area contributed by atoms with Crippen molar-refractivity contribution in [3.05, 3.63) is 0 Å². The molecule has 1 unspecified atom stereocenters. The van der Waals surface area contributed by atoms with Gasteiger partial charge in [-0.15, -0.1) is 0 Å². The number of rotatable bonds is 3. The molecule has 1 atom stereocenters. The summed E-state index contributed by atoms with van der Waals surface area (Å²) in [5, 5.41) is 0. The van der Waals surface area contributed by atoms with Gasteiger partial charge >= 0.3 is 0 Å². The molecule has 0 aromatic rings. The first kappa shape index (κ1) is 18.7. The van der Waals surface area contributed by atoms with Crippen molar-refractivity contribution >= 4 is 0 Å². The third kappa shape index (κ3) is 24.5. The summed E-state index contributed by atoms with van der Waals surface area (Å²) >= 11 is 0. The highest BCUT2D eigenvalue weighted by Gasteiger charge is 2.03. The van der Waals surface area contributed by atoms with E-state index in [9.17, 15) is 0 Å². The highest BCUT2D eigenvalue weighted by molar-refractivity contribution is 4.54. The average Bonchev–Trinajstić information content (AvgIpc) is 2.10. The van der Waals surface area contributed by atoms with Crippen molar-refractivity contribution in [1.82, 2.24) is 0 Å². The Morgan fingerprint density at radius 3 is 1.23 bits per heavy atom. The molecule has 0 nitrogen and oxygen atoms in total. The van der Waals surface area contributed by atoms with E-state index in [4.69, 9.17) is 0 Å². The van der Waals surface area contributed by atoms with Gasteiger partial charge in [-0.3, -0.25) is 0 Å². The second-order valence-corrected chi connectivity index (χ2v) is 3.72. The third-order valence-corrected chi connectivity index (χ3v) is 1.88. The van der Waals surface area contributed by atoms with Crippen LogP contribution in [0.2, 0.25) is 0 Å². The van der Waals surface area contributed by atoms with Gasteiger partial charge in [0.25, 0.3) is 0 Å². The second kappa shape index (κ2) is 17.9. The van der Waals surface area contributed by atoms with Crippen LogP contribution >= 0.6 is 0 Å². The highest BCUT2D eigenvalue weighted by Crippen LogP contribution is 2.14. The molecule has 84 valence electrons. The molecule has 0 aliphatic heterocycles. The zero-order valence-electron chi connectivity index (χ0n) is 11.3. The SMILES string of the molecule is CC.CCC.CCCC(C)C(C)C. The lowest BCUT2D eigenvalue weighted by molar-refractivity contribution is 0.389. The van der Waals surface area contributed by atoms with Crippen LogP contribution in [0.4, 0.5) is 0 Å². The Labute approximate surface area is 87.1 Å². The molecule has 0 radical (unpaired) electrons. The molecule has 13 heavy (non-hydrogen) atoms. The van der Waals surface area contributed by atoms with Crippen LogP contribution in [-0.4, -0.2) is 0 Å².